The summed E-state index contributed by atoms with van der Waals surface area (Å²) in [5, 5.41) is 3.16. The molecule has 2 amide bonds. The third-order valence-corrected chi connectivity index (χ3v) is 7.78. The van der Waals surface area contributed by atoms with Gasteiger partial charge in [-0.25, -0.2) is 4.79 Å². The molecule has 3 aromatic carbocycles. The van der Waals surface area contributed by atoms with Gasteiger partial charge in [0.1, 0.15) is 0 Å². The minimum Gasteiger partial charge on any atom is -0.465 e. The number of benzene rings is 3. The Labute approximate surface area is 229 Å². The van der Waals surface area contributed by atoms with Crippen molar-refractivity contribution >= 4 is 17.8 Å². The summed E-state index contributed by atoms with van der Waals surface area (Å²) in [4.78, 5) is 39.9. The highest BCUT2D eigenvalue weighted by atomic mass is 16.5. The Balaban J connectivity index is 1.39. The number of hydrogen-bond donors (Lipinski definition) is 1. The number of methoxy groups -OCH3 is 2. The average molecular weight is 527 g/mol. The zero-order chi connectivity index (χ0) is 27.4. The smallest absolute Gasteiger partial charge is 0.337 e. The molecule has 0 unspecified atom stereocenters. The average Bonchev–Trinajstić information content (AvgIpc) is 3.79. The molecule has 0 bridgehead atoms. The van der Waals surface area contributed by atoms with Crippen molar-refractivity contribution in [3.05, 3.63) is 94.5 Å². The number of ether oxygens (including phenoxy) is 2. The molecule has 2 aliphatic rings. The number of esters is 1. The van der Waals surface area contributed by atoms with E-state index in [2.05, 4.69) is 23.5 Å². The van der Waals surface area contributed by atoms with E-state index in [-0.39, 0.29) is 29.6 Å². The molecule has 5 rings (SSSR count). The lowest BCUT2D eigenvalue weighted by atomic mass is 9.87. The van der Waals surface area contributed by atoms with Gasteiger partial charge in [-0.3, -0.25) is 9.59 Å². The van der Waals surface area contributed by atoms with E-state index in [4.69, 9.17) is 9.47 Å². The molecule has 0 saturated heterocycles. The summed E-state index contributed by atoms with van der Waals surface area (Å²) in [5.74, 6) is 0.0126. The van der Waals surface area contributed by atoms with Gasteiger partial charge in [0.25, 0.3) is 0 Å². The van der Waals surface area contributed by atoms with E-state index in [0.717, 1.165) is 34.2 Å². The van der Waals surface area contributed by atoms with Crippen LogP contribution in [0.2, 0.25) is 0 Å². The lowest BCUT2D eigenvalue weighted by Crippen LogP contribution is -2.37. The van der Waals surface area contributed by atoms with Gasteiger partial charge in [-0.2, -0.15) is 0 Å². The van der Waals surface area contributed by atoms with Crippen LogP contribution < -0.4 is 5.32 Å². The first-order chi connectivity index (χ1) is 19.0. The molecular formula is C32H34N2O5. The van der Waals surface area contributed by atoms with Crippen molar-refractivity contribution in [2.24, 2.45) is 5.92 Å². The van der Waals surface area contributed by atoms with Crippen molar-refractivity contribution in [3.8, 4) is 11.1 Å². The lowest BCUT2D eigenvalue weighted by molar-refractivity contribution is -0.133. The van der Waals surface area contributed by atoms with Crippen LogP contribution in [0.5, 0.6) is 0 Å². The number of nitrogens with zero attached hydrogens (tertiary/aromatic N) is 1. The maximum absolute atomic E-state index is 13.0. The first kappa shape index (κ1) is 26.6. The highest BCUT2D eigenvalue weighted by Crippen LogP contribution is 2.47. The quantitative estimate of drug-likeness (QED) is 0.416. The van der Waals surface area contributed by atoms with Crippen LogP contribution in [0.3, 0.4) is 0 Å². The van der Waals surface area contributed by atoms with Crippen molar-refractivity contribution in [2.75, 3.05) is 27.4 Å². The normalized spacial score (nSPS) is 17.7. The first-order valence-electron chi connectivity index (χ1n) is 13.4. The molecule has 1 saturated carbocycles. The predicted octanol–water partition coefficient (Wildman–Crippen LogP) is 4.48. The van der Waals surface area contributed by atoms with E-state index in [1.165, 1.54) is 12.7 Å². The van der Waals surface area contributed by atoms with Crippen molar-refractivity contribution in [1.29, 1.82) is 0 Å². The second kappa shape index (κ2) is 11.8. The van der Waals surface area contributed by atoms with Gasteiger partial charge in [-0.05, 0) is 64.3 Å². The standard InChI is InChI=1S/C32H34N2O5/c1-38-16-14-30(35)34-15-13-26-25(22-9-6-10-23(17-22)32(37)39-2)12-11-24(29(26)20-34)19-33-31(36)28-18-27(28)21-7-4-3-5-8-21/h3-12,17,27-28H,13-16,18-20H2,1-2H3,(H,33,36)/t27-,28-/m1/s1. The van der Waals surface area contributed by atoms with Crippen LogP contribution in [0.15, 0.2) is 66.7 Å². The summed E-state index contributed by atoms with van der Waals surface area (Å²) in [6, 6.07) is 21.7. The lowest BCUT2D eigenvalue weighted by Gasteiger charge is -2.32. The SMILES string of the molecule is COCCC(=O)N1CCc2c(-c3cccc(C(=O)OC)c3)ccc(CNC(=O)[C@@H]3C[C@@H]3c3ccccc3)c2C1. The number of carbonyl (C=O) groups is 3. The van der Waals surface area contributed by atoms with Gasteiger partial charge < -0.3 is 19.7 Å². The highest BCUT2D eigenvalue weighted by Gasteiger charge is 2.43. The van der Waals surface area contributed by atoms with E-state index in [1.54, 1.807) is 13.2 Å². The zero-order valence-electron chi connectivity index (χ0n) is 22.4. The van der Waals surface area contributed by atoms with E-state index < -0.39 is 0 Å². The first-order valence-corrected chi connectivity index (χ1v) is 13.4. The van der Waals surface area contributed by atoms with Crippen LogP contribution in [0, 0.1) is 5.92 Å². The van der Waals surface area contributed by atoms with Crippen molar-refractivity contribution in [2.45, 2.75) is 38.3 Å². The maximum Gasteiger partial charge on any atom is 0.337 e. The summed E-state index contributed by atoms with van der Waals surface area (Å²) in [6.07, 6.45) is 1.89. The Morgan fingerprint density at radius 3 is 2.56 bits per heavy atom. The van der Waals surface area contributed by atoms with Crippen LogP contribution in [-0.2, 0) is 38.6 Å². The highest BCUT2D eigenvalue weighted by molar-refractivity contribution is 5.91. The fourth-order valence-electron chi connectivity index (χ4n) is 5.54. The van der Waals surface area contributed by atoms with Gasteiger partial charge in [-0.1, -0.05) is 54.6 Å². The number of nitrogens with one attached hydrogen (secondary N) is 1. The zero-order valence-corrected chi connectivity index (χ0v) is 22.4. The van der Waals surface area contributed by atoms with E-state index >= 15 is 0 Å². The second-order valence-corrected chi connectivity index (χ2v) is 10.2. The van der Waals surface area contributed by atoms with E-state index in [1.807, 2.05) is 47.4 Å². The fourth-order valence-corrected chi connectivity index (χ4v) is 5.54. The molecule has 1 fully saturated rings. The number of hydrogen-bond acceptors (Lipinski definition) is 5. The molecule has 2 atom stereocenters. The third-order valence-electron chi connectivity index (χ3n) is 7.78. The topological polar surface area (TPSA) is 84.9 Å². The molecule has 0 aromatic heterocycles. The monoisotopic (exact) mass is 526 g/mol. The van der Waals surface area contributed by atoms with Crippen LogP contribution in [0.1, 0.15) is 51.4 Å². The Hall–Kier alpha value is -3.97. The van der Waals surface area contributed by atoms with Gasteiger partial charge in [-0.15, -0.1) is 0 Å². The van der Waals surface area contributed by atoms with Crippen LogP contribution in [0.25, 0.3) is 11.1 Å². The molecule has 3 aromatic rings. The van der Waals surface area contributed by atoms with Gasteiger partial charge in [0.15, 0.2) is 0 Å². The Morgan fingerprint density at radius 1 is 0.974 bits per heavy atom. The van der Waals surface area contributed by atoms with Gasteiger partial charge in [0.05, 0.1) is 25.7 Å². The number of fused-ring (bicyclic) bond motifs is 1. The van der Waals surface area contributed by atoms with E-state index in [0.29, 0.717) is 44.6 Å². The Bertz CT molecular complexity index is 1370. The molecule has 0 radical (unpaired) electrons. The molecule has 1 aliphatic heterocycles. The second-order valence-electron chi connectivity index (χ2n) is 10.2. The Kier molecular flexibility index (Phi) is 8.07. The fraction of sp³-hybridized carbons (Fsp3) is 0.344. The molecular weight excluding hydrogens is 492 g/mol. The number of amides is 2. The number of carbonyl (C=O) groups excluding carboxylic acids is 3. The summed E-state index contributed by atoms with van der Waals surface area (Å²) < 4.78 is 10.0. The molecule has 7 heteroatoms. The summed E-state index contributed by atoms with van der Waals surface area (Å²) >= 11 is 0. The molecule has 7 nitrogen and oxygen atoms in total. The van der Waals surface area contributed by atoms with Crippen LogP contribution >= 0.6 is 0 Å². The van der Waals surface area contributed by atoms with Crippen molar-refractivity contribution in [1.82, 2.24) is 10.2 Å². The van der Waals surface area contributed by atoms with Crippen molar-refractivity contribution < 1.29 is 23.9 Å². The van der Waals surface area contributed by atoms with E-state index in [9.17, 15) is 14.4 Å². The van der Waals surface area contributed by atoms with Gasteiger partial charge in [0.2, 0.25) is 11.8 Å². The molecule has 202 valence electrons. The molecule has 1 N–H and O–H groups in total. The molecule has 1 heterocycles. The summed E-state index contributed by atoms with van der Waals surface area (Å²) in [5.41, 5.74) is 6.86. The Morgan fingerprint density at radius 2 is 1.79 bits per heavy atom. The van der Waals surface area contributed by atoms with Gasteiger partial charge in [0, 0.05) is 32.7 Å². The summed E-state index contributed by atoms with van der Waals surface area (Å²) in [6.45, 7) is 1.87. The molecule has 1 aliphatic carbocycles. The summed E-state index contributed by atoms with van der Waals surface area (Å²) in [7, 11) is 2.97. The third kappa shape index (κ3) is 5.88. The van der Waals surface area contributed by atoms with Crippen LogP contribution in [-0.4, -0.2) is 50.1 Å². The largest absolute Gasteiger partial charge is 0.465 e. The van der Waals surface area contributed by atoms with Crippen molar-refractivity contribution in [3.63, 3.8) is 0 Å². The molecule has 0 spiro atoms. The maximum atomic E-state index is 13.0. The van der Waals surface area contributed by atoms with Crippen LogP contribution in [0.4, 0.5) is 0 Å². The number of rotatable bonds is 9. The van der Waals surface area contributed by atoms with Gasteiger partial charge >= 0.3 is 5.97 Å². The molecule has 39 heavy (non-hydrogen) atoms. The minimum atomic E-state index is -0.381. The minimum absolute atomic E-state index is 0.00400. The predicted molar refractivity (Wildman–Crippen MR) is 148 cm³/mol.